The Morgan fingerprint density at radius 2 is 1.65 bits per heavy atom. The highest BCUT2D eigenvalue weighted by molar-refractivity contribution is 5.83. The highest BCUT2D eigenvalue weighted by atomic mass is 15.4. The number of fused-ring (bicyclic) bond motifs is 1. The van der Waals surface area contributed by atoms with Crippen LogP contribution >= 0.6 is 0 Å². The van der Waals surface area contributed by atoms with E-state index in [0.717, 1.165) is 0 Å². The molecule has 1 atom stereocenters. The molecule has 1 N–H and O–H groups in total. The first-order chi connectivity index (χ1) is 9.86. The number of nitrogens with zero attached hydrogens (tertiary/aromatic N) is 1. The van der Waals surface area contributed by atoms with Crippen molar-refractivity contribution < 1.29 is 4.68 Å². The molecule has 1 heterocycles. The van der Waals surface area contributed by atoms with Gasteiger partial charge in [0.1, 0.15) is 6.04 Å². The number of nitrogens with one attached hydrogen (secondary N) is 1. The third kappa shape index (κ3) is 2.54. The quantitative estimate of drug-likeness (QED) is 0.560. The van der Waals surface area contributed by atoms with Crippen molar-refractivity contribution >= 4 is 10.8 Å². The average Bonchev–Trinajstić information content (AvgIpc) is 2.53. The standard InChI is InChI=1S/C18H17N2/c1-2-18(19-20-12-6-3-7-13-20)17-11-10-15-8-4-5-9-16(15)14-17/h2-14,18-19H,1H2/q+1/t18-/m0/s1. The molecule has 20 heavy (non-hydrogen) atoms. The molecule has 0 spiro atoms. The number of benzene rings is 2. The van der Waals surface area contributed by atoms with E-state index in [4.69, 9.17) is 0 Å². The summed E-state index contributed by atoms with van der Waals surface area (Å²) in [6.45, 7) is 3.94. The zero-order valence-electron chi connectivity index (χ0n) is 11.2. The molecule has 0 saturated heterocycles. The molecule has 0 fully saturated rings. The van der Waals surface area contributed by atoms with Crippen molar-refractivity contribution in [3.05, 3.63) is 91.3 Å². The van der Waals surface area contributed by atoms with Crippen molar-refractivity contribution in [2.75, 3.05) is 5.43 Å². The molecule has 2 heteroatoms. The van der Waals surface area contributed by atoms with E-state index in [1.807, 2.05) is 41.3 Å². The Hall–Kier alpha value is -2.61. The van der Waals surface area contributed by atoms with Crippen LogP contribution in [0.25, 0.3) is 10.8 Å². The summed E-state index contributed by atoms with van der Waals surface area (Å²) >= 11 is 0. The summed E-state index contributed by atoms with van der Waals surface area (Å²) in [6.07, 6.45) is 5.89. The van der Waals surface area contributed by atoms with E-state index in [1.54, 1.807) is 0 Å². The van der Waals surface area contributed by atoms with E-state index in [0.29, 0.717) is 0 Å². The Balaban J connectivity index is 1.93. The van der Waals surface area contributed by atoms with Crippen LogP contribution in [-0.4, -0.2) is 0 Å². The molecule has 2 aromatic carbocycles. The van der Waals surface area contributed by atoms with Crippen LogP contribution in [0.2, 0.25) is 0 Å². The van der Waals surface area contributed by atoms with Crippen molar-refractivity contribution in [1.29, 1.82) is 0 Å². The number of hydrogen-bond acceptors (Lipinski definition) is 1. The van der Waals surface area contributed by atoms with Crippen LogP contribution < -0.4 is 10.1 Å². The van der Waals surface area contributed by atoms with E-state index in [-0.39, 0.29) is 6.04 Å². The highest BCUT2D eigenvalue weighted by Crippen LogP contribution is 2.21. The third-order valence-electron chi connectivity index (χ3n) is 3.37. The van der Waals surface area contributed by atoms with Gasteiger partial charge in [0.2, 0.25) is 0 Å². The zero-order chi connectivity index (χ0) is 13.8. The summed E-state index contributed by atoms with van der Waals surface area (Å²) in [5.41, 5.74) is 4.61. The lowest BCUT2D eigenvalue weighted by molar-refractivity contribution is -0.653. The van der Waals surface area contributed by atoms with Gasteiger partial charge in [0.05, 0.1) is 0 Å². The summed E-state index contributed by atoms with van der Waals surface area (Å²) in [5, 5.41) is 2.50. The fraction of sp³-hybridized carbons (Fsp3) is 0.0556. The molecule has 2 nitrogen and oxygen atoms in total. The Labute approximate surface area is 119 Å². The van der Waals surface area contributed by atoms with Crippen molar-refractivity contribution in [1.82, 2.24) is 0 Å². The van der Waals surface area contributed by atoms with Crippen molar-refractivity contribution in [3.63, 3.8) is 0 Å². The summed E-state index contributed by atoms with van der Waals surface area (Å²) in [6, 6.07) is 20.9. The second kappa shape index (κ2) is 5.57. The maximum atomic E-state index is 3.94. The molecule has 0 amide bonds. The van der Waals surface area contributed by atoms with Crippen LogP contribution in [0, 0.1) is 0 Å². The summed E-state index contributed by atoms with van der Waals surface area (Å²) in [5.74, 6) is 0. The average molecular weight is 261 g/mol. The molecule has 0 aliphatic heterocycles. The molecular formula is C18H17N2+. The second-order valence-corrected chi connectivity index (χ2v) is 4.73. The first kappa shape index (κ1) is 12.4. The fourth-order valence-corrected chi connectivity index (χ4v) is 2.31. The van der Waals surface area contributed by atoms with Crippen LogP contribution in [0.5, 0.6) is 0 Å². The van der Waals surface area contributed by atoms with Gasteiger partial charge in [-0.15, -0.1) is 6.58 Å². The molecule has 0 aliphatic rings. The van der Waals surface area contributed by atoms with Crippen LogP contribution in [0.3, 0.4) is 0 Å². The highest BCUT2D eigenvalue weighted by Gasteiger charge is 2.11. The lowest BCUT2D eigenvalue weighted by atomic mass is 10.0. The Kier molecular flexibility index (Phi) is 3.46. The van der Waals surface area contributed by atoms with Crippen LogP contribution in [0.1, 0.15) is 11.6 Å². The van der Waals surface area contributed by atoms with Gasteiger partial charge >= 0.3 is 0 Å². The minimum absolute atomic E-state index is 0.0759. The maximum absolute atomic E-state index is 3.94. The summed E-state index contributed by atoms with van der Waals surface area (Å²) in [4.78, 5) is 0. The molecule has 98 valence electrons. The first-order valence-corrected chi connectivity index (χ1v) is 6.71. The minimum atomic E-state index is 0.0759. The summed E-state index contributed by atoms with van der Waals surface area (Å²) in [7, 11) is 0. The topological polar surface area (TPSA) is 15.9 Å². The Morgan fingerprint density at radius 3 is 2.40 bits per heavy atom. The molecule has 3 rings (SSSR count). The number of hydrogen-bond donors (Lipinski definition) is 1. The number of pyridine rings is 1. The molecule has 0 bridgehead atoms. The molecule has 3 aromatic rings. The lowest BCUT2D eigenvalue weighted by Crippen LogP contribution is -2.45. The van der Waals surface area contributed by atoms with Gasteiger partial charge in [0.15, 0.2) is 12.4 Å². The second-order valence-electron chi connectivity index (χ2n) is 4.73. The maximum Gasteiger partial charge on any atom is 0.199 e. The monoisotopic (exact) mass is 261 g/mol. The summed E-state index contributed by atoms with van der Waals surface area (Å²) < 4.78 is 1.95. The van der Waals surface area contributed by atoms with Crippen molar-refractivity contribution in [3.8, 4) is 0 Å². The van der Waals surface area contributed by atoms with Gasteiger partial charge < -0.3 is 0 Å². The van der Waals surface area contributed by atoms with Crippen molar-refractivity contribution in [2.24, 2.45) is 0 Å². The predicted molar refractivity (Wildman–Crippen MR) is 82.9 cm³/mol. The Bertz CT molecular complexity index is 720. The van der Waals surface area contributed by atoms with Gasteiger partial charge in [-0.25, -0.2) is 0 Å². The van der Waals surface area contributed by atoms with Gasteiger partial charge in [-0.1, -0.05) is 53.2 Å². The van der Waals surface area contributed by atoms with Gasteiger partial charge in [0.25, 0.3) is 0 Å². The smallest absolute Gasteiger partial charge is 0.182 e. The first-order valence-electron chi connectivity index (χ1n) is 6.71. The van der Waals surface area contributed by atoms with Gasteiger partial charge in [-0.05, 0) is 22.4 Å². The minimum Gasteiger partial charge on any atom is -0.182 e. The van der Waals surface area contributed by atoms with Gasteiger partial charge in [-0.3, -0.25) is 0 Å². The third-order valence-corrected chi connectivity index (χ3v) is 3.37. The Morgan fingerprint density at radius 1 is 0.900 bits per heavy atom. The molecule has 0 saturated carbocycles. The molecule has 1 aromatic heterocycles. The zero-order valence-corrected chi connectivity index (χ0v) is 11.2. The largest absolute Gasteiger partial charge is 0.199 e. The molecular weight excluding hydrogens is 244 g/mol. The predicted octanol–water partition coefficient (Wildman–Crippen LogP) is 3.60. The van der Waals surface area contributed by atoms with E-state index >= 15 is 0 Å². The van der Waals surface area contributed by atoms with Crippen LogP contribution in [-0.2, 0) is 0 Å². The molecule has 0 radical (unpaired) electrons. The fourth-order valence-electron chi connectivity index (χ4n) is 2.31. The molecule has 0 aliphatic carbocycles. The van der Waals surface area contributed by atoms with Crippen molar-refractivity contribution in [2.45, 2.75) is 6.04 Å². The van der Waals surface area contributed by atoms with E-state index in [1.165, 1.54) is 16.3 Å². The number of aromatic nitrogens is 1. The van der Waals surface area contributed by atoms with E-state index in [2.05, 4.69) is 54.5 Å². The lowest BCUT2D eigenvalue weighted by Gasteiger charge is -2.12. The van der Waals surface area contributed by atoms with E-state index in [9.17, 15) is 0 Å². The SMILES string of the molecule is C=C[C@H](N[n+]1ccccc1)c1ccc2ccccc2c1. The normalized spacial score (nSPS) is 12.0. The van der Waals surface area contributed by atoms with Gasteiger partial charge in [-0.2, -0.15) is 5.43 Å². The number of rotatable bonds is 4. The van der Waals surface area contributed by atoms with Crippen LogP contribution in [0.4, 0.5) is 0 Å². The van der Waals surface area contributed by atoms with Gasteiger partial charge in [0, 0.05) is 12.1 Å². The van der Waals surface area contributed by atoms with E-state index < -0.39 is 0 Å². The van der Waals surface area contributed by atoms with Crippen LogP contribution in [0.15, 0.2) is 85.7 Å². The molecule has 0 unspecified atom stereocenters.